The summed E-state index contributed by atoms with van der Waals surface area (Å²) in [5.41, 5.74) is 5.73. The van der Waals surface area contributed by atoms with Crippen LogP contribution in [0.5, 0.6) is 0 Å². The largest absolute Gasteiger partial charge is 0.462 e. The molecule has 0 bridgehead atoms. The van der Waals surface area contributed by atoms with Crippen molar-refractivity contribution >= 4 is 11.7 Å². The summed E-state index contributed by atoms with van der Waals surface area (Å²) in [5.74, 6) is 1.04. The molecule has 2 aliphatic carbocycles. The van der Waals surface area contributed by atoms with Gasteiger partial charge in [-0.25, -0.2) is 0 Å². The van der Waals surface area contributed by atoms with Crippen LogP contribution in [0.2, 0.25) is 0 Å². The normalized spacial score (nSPS) is 36.2. The first kappa shape index (κ1) is 21.1. The quantitative estimate of drug-likeness (QED) is 0.520. The predicted molar refractivity (Wildman–Crippen MR) is 125 cm³/mol. The third-order valence-electron chi connectivity index (χ3n) is 8.85. The molecule has 31 heavy (non-hydrogen) atoms. The Labute approximate surface area is 187 Å². The van der Waals surface area contributed by atoms with Crippen LogP contribution in [0.25, 0.3) is 0 Å². The lowest BCUT2D eigenvalue weighted by atomic mass is 9.55. The molecular formula is C27H38N2O2. The number of carbonyl (C=O) groups is 1. The molecule has 5 unspecified atom stereocenters. The molecule has 5 atom stereocenters. The average molecular weight is 423 g/mol. The van der Waals surface area contributed by atoms with E-state index in [0.717, 1.165) is 52.0 Å². The van der Waals surface area contributed by atoms with Gasteiger partial charge in [0.1, 0.15) is 6.10 Å². The Bertz CT molecular complexity index is 872. The molecule has 2 saturated heterocycles. The van der Waals surface area contributed by atoms with Crippen molar-refractivity contribution in [1.29, 1.82) is 0 Å². The number of ether oxygens (including phenoxy) is 1. The number of piperazine rings is 1. The summed E-state index contributed by atoms with van der Waals surface area (Å²) in [6, 6.07) is 6.72. The molecule has 2 saturated carbocycles. The van der Waals surface area contributed by atoms with Crippen LogP contribution in [0, 0.1) is 37.0 Å². The number of esters is 1. The Morgan fingerprint density at radius 3 is 2.74 bits per heavy atom. The molecule has 2 aliphatic heterocycles. The van der Waals surface area contributed by atoms with Crippen molar-refractivity contribution < 1.29 is 9.53 Å². The molecule has 0 amide bonds. The standard InChI is InChI=1S/C27H38N2O2/c1-18-7-8-20(3)24(14-18)29-12-10-28(11-13-29)17-22-21-15-23-19(2)6-5-9-27(23,4)16-25(21)31-26(22)30/h7-8,14,21-23,25H,2,5-6,9-13,15-17H2,1,3-4H3. The number of rotatable bonds is 3. The Morgan fingerprint density at radius 1 is 1.19 bits per heavy atom. The van der Waals surface area contributed by atoms with Gasteiger partial charge < -0.3 is 9.64 Å². The first-order chi connectivity index (χ1) is 14.8. The summed E-state index contributed by atoms with van der Waals surface area (Å²) >= 11 is 0. The van der Waals surface area contributed by atoms with Crippen molar-refractivity contribution in [2.45, 2.75) is 59.0 Å². The highest BCUT2D eigenvalue weighted by molar-refractivity contribution is 5.75. The van der Waals surface area contributed by atoms with Gasteiger partial charge in [-0.2, -0.15) is 0 Å². The molecule has 0 N–H and O–H groups in total. The Kier molecular flexibility index (Phi) is 5.40. The van der Waals surface area contributed by atoms with Crippen molar-refractivity contribution in [1.82, 2.24) is 4.90 Å². The first-order valence-corrected chi connectivity index (χ1v) is 12.3. The SMILES string of the molecule is C=C1CCCC2(C)CC3OC(=O)C(CN4CCN(c5cc(C)ccc5C)CC4)C3CC12. The smallest absolute Gasteiger partial charge is 0.310 e. The molecular weight excluding hydrogens is 384 g/mol. The molecule has 4 fully saturated rings. The maximum Gasteiger partial charge on any atom is 0.310 e. The molecule has 168 valence electrons. The van der Waals surface area contributed by atoms with Gasteiger partial charge in [0, 0.05) is 44.3 Å². The maximum absolute atomic E-state index is 12.9. The minimum Gasteiger partial charge on any atom is -0.462 e. The Balaban J connectivity index is 1.23. The van der Waals surface area contributed by atoms with Gasteiger partial charge >= 0.3 is 5.97 Å². The molecule has 0 aromatic heterocycles. The first-order valence-electron chi connectivity index (χ1n) is 12.3. The van der Waals surface area contributed by atoms with Crippen LogP contribution in [0.15, 0.2) is 30.4 Å². The second-order valence-corrected chi connectivity index (χ2v) is 11.0. The topological polar surface area (TPSA) is 32.8 Å². The van der Waals surface area contributed by atoms with Gasteiger partial charge in [0.25, 0.3) is 0 Å². The summed E-state index contributed by atoms with van der Waals surface area (Å²) in [4.78, 5) is 17.9. The summed E-state index contributed by atoms with van der Waals surface area (Å²) in [6.07, 6.45) is 5.91. The van der Waals surface area contributed by atoms with Crippen LogP contribution < -0.4 is 4.90 Å². The maximum atomic E-state index is 12.9. The van der Waals surface area contributed by atoms with Crippen LogP contribution in [-0.4, -0.2) is 49.7 Å². The number of fused-ring (bicyclic) bond motifs is 2. The van der Waals surface area contributed by atoms with Gasteiger partial charge in [-0.1, -0.05) is 31.2 Å². The molecule has 1 aromatic carbocycles. The lowest BCUT2D eigenvalue weighted by molar-refractivity contribution is -0.146. The van der Waals surface area contributed by atoms with Gasteiger partial charge in [0.05, 0.1) is 5.92 Å². The molecule has 4 aliphatic rings. The zero-order valence-electron chi connectivity index (χ0n) is 19.5. The monoisotopic (exact) mass is 422 g/mol. The number of aryl methyl sites for hydroxylation is 2. The predicted octanol–water partition coefficient (Wildman–Crippen LogP) is 4.74. The average Bonchev–Trinajstić information content (AvgIpc) is 3.02. The minimum atomic E-state index is 0.0385. The van der Waals surface area contributed by atoms with Crippen molar-refractivity contribution in [3.63, 3.8) is 0 Å². The highest BCUT2D eigenvalue weighted by Gasteiger charge is 2.55. The highest BCUT2D eigenvalue weighted by Crippen LogP contribution is 2.56. The van der Waals surface area contributed by atoms with E-state index in [1.165, 1.54) is 35.2 Å². The summed E-state index contributed by atoms with van der Waals surface area (Å²) < 4.78 is 5.98. The summed E-state index contributed by atoms with van der Waals surface area (Å²) in [7, 11) is 0. The van der Waals surface area contributed by atoms with E-state index in [-0.39, 0.29) is 23.4 Å². The van der Waals surface area contributed by atoms with E-state index in [1.807, 2.05) is 0 Å². The van der Waals surface area contributed by atoms with Crippen LogP contribution in [-0.2, 0) is 9.53 Å². The third kappa shape index (κ3) is 3.82. The highest BCUT2D eigenvalue weighted by atomic mass is 16.6. The van der Waals surface area contributed by atoms with Crippen molar-refractivity contribution in [3.05, 3.63) is 41.5 Å². The number of hydrogen-bond donors (Lipinski definition) is 0. The zero-order chi connectivity index (χ0) is 21.8. The lowest BCUT2D eigenvalue weighted by Crippen LogP contribution is -2.50. The van der Waals surface area contributed by atoms with Crippen molar-refractivity contribution in [3.8, 4) is 0 Å². The minimum absolute atomic E-state index is 0.0385. The van der Waals surface area contributed by atoms with Gasteiger partial charge in [-0.3, -0.25) is 9.69 Å². The van der Waals surface area contributed by atoms with Gasteiger partial charge in [-0.05, 0) is 74.5 Å². The van der Waals surface area contributed by atoms with E-state index in [9.17, 15) is 4.79 Å². The zero-order valence-corrected chi connectivity index (χ0v) is 19.5. The number of anilines is 1. The second kappa shape index (κ2) is 7.95. The van der Waals surface area contributed by atoms with E-state index < -0.39 is 0 Å². The Hall–Kier alpha value is -1.81. The molecule has 4 heteroatoms. The van der Waals surface area contributed by atoms with E-state index in [0.29, 0.717) is 11.8 Å². The van der Waals surface area contributed by atoms with Crippen molar-refractivity contribution in [2.24, 2.45) is 23.2 Å². The number of allylic oxidation sites excluding steroid dienone is 1. The molecule has 0 spiro atoms. The molecule has 2 heterocycles. The Morgan fingerprint density at radius 2 is 1.97 bits per heavy atom. The fourth-order valence-corrected chi connectivity index (χ4v) is 6.97. The number of hydrogen-bond acceptors (Lipinski definition) is 4. The third-order valence-corrected chi connectivity index (χ3v) is 8.85. The second-order valence-electron chi connectivity index (χ2n) is 11.0. The fraction of sp³-hybridized carbons (Fsp3) is 0.667. The van der Waals surface area contributed by atoms with Gasteiger partial charge in [0.2, 0.25) is 0 Å². The van der Waals surface area contributed by atoms with Crippen LogP contribution >= 0.6 is 0 Å². The van der Waals surface area contributed by atoms with E-state index in [1.54, 1.807) is 0 Å². The molecule has 0 radical (unpaired) electrons. The van der Waals surface area contributed by atoms with E-state index >= 15 is 0 Å². The summed E-state index contributed by atoms with van der Waals surface area (Å²) in [5, 5.41) is 0. The van der Waals surface area contributed by atoms with E-state index in [4.69, 9.17) is 4.74 Å². The van der Waals surface area contributed by atoms with Crippen LogP contribution in [0.1, 0.15) is 50.2 Å². The number of benzene rings is 1. The van der Waals surface area contributed by atoms with Crippen molar-refractivity contribution in [2.75, 3.05) is 37.6 Å². The van der Waals surface area contributed by atoms with Gasteiger partial charge in [-0.15, -0.1) is 0 Å². The van der Waals surface area contributed by atoms with Crippen LogP contribution in [0.4, 0.5) is 5.69 Å². The fourth-order valence-electron chi connectivity index (χ4n) is 6.97. The van der Waals surface area contributed by atoms with Crippen LogP contribution in [0.3, 0.4) is 0 Å². The number of nitrogens with zero attached hydrogens (tertiary/aromatic N) is 2. The number of carbonyl (C=O) groups excluding carboxylic acids is 1. The lowest BCUT2D eigenvalue weighted by Gasteiger charge is -2.50. The summed E-state index contributed by atoms with van der Waals surface area (Å²) in [6.45, 7) is 16.1. The molecule has 4 nitrogen and oxygen atoms in total. The van der Waals surface area contributed by atoms with E-state index in [2.05, 4.69) is 55.3 Å². The van der Waals surface area contributed by atoms with Gasteiger partial charge in [0.15, 0.2) is 0 Å². The molecule has 1 aromatic rings. The molecule has 5 rings (SSSR count).